The SMILES string of the molecule is CCn1ccnc1-c1cnc(N)cc1C. The number of hydrogen-bond acceptors (Lipinski definition) is 3. The maximum Gasteiger partial charge on any atom is 0.141 e. The fraction of sp³-hybridized carbons (Fsp3) is 0.273. The Hall–Kier alpha value is -1.84. The maximum absolute atomic E-state index is 5.61. The summed E-state index contributed by atoms with van der Waals surface area (Å²) >= 11 is 0. The van der Waals surface area contributed by atoms with E-state index >= 15 is 0 Å². The lowest BCUT2D eigenvalue weighted by Gasteiger charge is -2.07. The van der Waals surface area contributed by atoms with Crippen LogP contribution in [0, 0.1) is 6.92 Å². The number of aryl methyl sites for hydroxylation is 2. The lowest BCUT2D eigenvalue weighted by Crippen LogP contribution is -1.99. The molecule has 0 aromatic carbocycles. The maximum atomic E-state index is 5.61. The zero-order chi connectivity index (χ0) is 10.8. The summed E-state index contributed by atoms with van der Waals surface area (Å²) in [5.41, 5.74) is 7.75. The second kappa shape index (κ2) is 3.73. The van der Waals surface area contributed by atoms with Crippen LogP contribution >= 0.6 is 0 Å². The van der Waals surface area contributed by atoms with E-state index in [4.69, 9.17) is 5.73 Å². The van der Waals surface area contributed by atoms with Crippen LogP contribution in [0.5, 0.6) is 0 Å². The van der Waals surface area contributed by atoms with Crippen LogP contribution in [0.1, 0.15) is 12.5 Å². The molecule has 2 N–H and O–H groups in total. The van der Waals surface area contributed by atoms with Crippen molar-refractivity contribution < 1.29 is 0 Å². The van der Waals surface area contributed by atoms with Gasteiger partial charge in [0.15, 0.2) is 0 Å². The first-order chi connectivity index (χ1) is 7.22. The minimum Gasteiger partial charge on any atom is -0.384 e. The van der Waals surface area contributed by atoms with Crippen LogP contribution < -0.4 is 5.73 Å². The molecule has 0 aliphatic carbocycles. The van der Waals surface area contributed by atoms with Gasteiger partial charge in [-0.1, -0.05) is 0 Å². The summed E-state index contributed by atoms with van der Waals surface area (Å²) in [6.45, 7) is 5.01. The minimum absolute atomic E-state index is 0.547. The van der Waals surface area contributed by atoms with Gasteiger partial charge in [0, 0.05) is 30.7 Å². The molecule has 0 bridgehead atoms. The molecule has 78 valence electrons. The predicted molar refractivity (Wildman–Crippen MR) is 60.3 cm³/mol. The summed E-state index contributed by atoms with van der Waals surface area (Å²) in [4.78, 5) is 8.43. The molecule has 0 aliphatic rings. The van der Waals surface area contributed by atoms with Gasteiger partial charge in [0.2, 0.25) is 0 Å². The fourth-order valence-corrected chi connectivity index (χ4v) is 1.62. The molecule has 0 spiro atoms. The molecule has 15 heavy (non-hydrogen) atoms. The van der Waals surface area contributed by atoms with E-state index in [2.05, 4.69) is 21.5 Å². The van der Waals surface area contributed by atoms with Gasteiger partial charge in [-0.3, -0.25) is 0 Å². The van der Waals surface area contributed by atoms with Crippen molar-refractivity contribution in [1.82, 2.24) is 14.5 Å². The molecule has 2 aromatic heterocycles. The molecule has 0 atom stereocenters. The molecule has 0 unspecified atom stereocenters. The highest BCUT2D eigenvalue weighted by molar-refractivity contribution is 5.61. The Morgan fingerprint density at radius 2 is 2.20 bits per heavy atom. The Morgan fingerprint density at radius 3 is 2.87 bits per heavy atom. The van der Waals surface area contributed by atoms with Gasteiger partial charge in [0.1, 0.15) is 11.6 Å². The van der Waals surface area contributed by atoms with Gasteiger partial charge in [-0.2, -0.15) is 0 Å². The summed E-state index contributed by atoms with van der Waals surface area (Å²) in [6, 6.07) is 1.87. The average molecular weight is 202 g/mol. The van der Waals surface area contributed by atoms with Crippen LogP contribution in [-0.4, -0.2) is 14.5 Å². The van der Waals surface area contributed by atoms with Gasteiger partial charge in [-0.25, -0.2) is 9.97 Å². The number of nitrogens with two attached hydrogens (primary N) is 1. The van der Waals surface area contributed by atoms with Crippen molar-refractivity contribution in [3.05, 3.63) is 30.2 Å². The molecule has 2 aromatic rings. The summed E-state index contributed by atoms with van der Waals surface area (Å²) in [5.74, 6) is 1.49. The molecular weight excluding hydrogens is 188 g/mol. The van der Waals surface area contributed by atoms with E-state index in [0.29, 0.717) is 5.82 Å². The van der Waals surface area contributed by atoms with E-state index in [1.807, 2.05) is 19.2 Å². The van der Waals surface area contributed by atoms with Crippen molar-refractivity contribution >= 4 is 5.82 Å². The number of rotatable bonds is 2. The van der Waals surface area contributed by atoms with E-state index in [-0.39, 0.29) is 0 Å². The first-order valence-electron chi connectivity index (χ1n) is 4.96. The topological polar surface area (TPSA) is 56.7 Å². The third-order valence-electron chi connectivity index (χ3n) is 2.43. The number of imidazole rings is 1. The third kappa shape index (κ3) is 1.70. The van der Waals surface area contributed by atoms with Gasteiger partial charge in [0.05, 0.1) is 0 Å². The van der Waals surface area contributed by atoms with Crippen molar-refractivity contribution in [2.45, 2.75) is 20.4 Å². The molecule has 0 radical (unpaired) electrons. The highest BCUT2D eigenvalue weighted by Crippen LogP contribution is 2.21. The Kier molecular flexibility index (Phi) is 2.41. The molecule has 4 heteroatoms. The van der Waals surface area contributed by atoms with Crippen molar-refractivity contribution in [3.63, 3.8) is 0 Å². The molecule has 4 nitrogen and oxygen atoms in total. The molecule has 0 aliphatic heterocycles. The molecule has 0 saturated carbocycles. The van der Waals surface area contributed by atoms with Gasteiger partial charge < -0.3 is 10.3 Å². The second-order valence-corrected chi connectivity index (χ2v) is 3.46. The van der Waals surface area contributed by atoms with Crippen LogP contribution in [0.25, 0.3) is 11.4 Å². The average Bonchev–Trinajstić information content (AvgIpc) is 2.65. The zero-order valence-electron chi connectivity index (χ0n) is 8.94. The largest absolute Gasteiger partial charge is 0.384 e. The Morgan fingerprint density at radius 1 is 1.40 bits per heavy atom. The first-order valence-corrected chi connectivity index (χ1v) is 4.96. The lowest BCUT2D eigenvalue weighted by atomic mass is 10.1. The van der Waals surface area contributed by atoms with Gasteiger partial charge in [-0.05, 0) is 25.5 Å². The van der Waals surface area contributed by atoms with Crippen molar-refractivity contribution in [1.29, 1.82) is 0 Å². The van der Waals surface area contributed by atoms with Crippen LogP contribution in [0.3, 0.4) is 0 Å². The number of nitrogen functional groups attached to an aromatic ring is 1. The summed E-state index contributed by atoms with van der Waals surface area (Å²) in [6.07, 6.45) is 5.54. The van der Waals surface area contributed by atoms with Crippen LogP contribution in [0.2, 0.25) is 0 Å². The number of hydrogen-bond donors (Lipinski definition) is 1. The van der Waals surface area contributed by atoms with E-state index in [1.165, 1.54) is 0 Å². The Bertz CT molecular complexity index is 473. The van der Waals surface area contributed by atoms with Crippen LogP contribution in [-0.2, 0) is 6.54 Å². The molecule has 0 saturated heterocycles. The highest BCUT2D eigenvalue weighted by Gasteiger charge is 2.08. The number of anilines is 1. The molecule has 0 fully saturated rings. The standard InChI is InChI=1S/C11H14N4/c1-3-15-5-4-13-11(15)9-7-14-10(12)6-8(9)2/h4-7H,3H2,1-2H3,(H2,12,14). The Balaban J connectivity index is 2.54. The quantitative estimate of drug-likeness (QED) is 0.808. The monoisotopic (exact) mass is 202 g/mol. The zero-order valence-corrected chi connectivity index (χ0v) is 8.94. The summed E-state index contributed by atoms with van der Waals surface area (Å²) in [7, 11) is 0. The van der Waals surface area contributed by atoms with Gasteiger partial charge in [0.25, 0.3) is 0 Å². The fourth-order valence-electron chi connectivity index (χ4n) is 1.62. The predicted octanol–water partition coefficient (Wildman–Crippen LogP) is 1.86. The molecule has 0 amide bonds. The number of pyridine rings is 1. The van der Waals surface area contributed by atoms with Crippen LogP contribution in [0.4, 0.5) is 5.82 Å². The van der Waals surface area contributed by atoms with Crippen molar-refractivity contribution in [3.8, 4) is 11.4 Å². The third-order valence-corrected chi connectivity index (χ3v) is 2.43. The summed E-state index contributed by atoms with van der Waals surface area (Å²) in [5, 5.41) is 0. The van der Waals surface area contributed by atoms with E-state index in [1.54, 1.807) is 12.4 Å². The Labute approximate surface area is 88.8 Å². The van der Waals surface area contributed by atoms with E-state index in [9.17, 15) is 0 Å². The van der Waals surface area contributed by atoms with E-state index in [0.717, 1.165) is 23.5 Å². The van der Waals surface area contributed by atoms with Crippen LogP contribution in [0.15, 0.2) is 24.7 Å². The molecule has 2 heterocycles. The molecule has 2 rings (SSSR count). The highest BCUT2D eigenvalue weighted by atomic mass is 15.1. The summed E-state index contributed by atoms with van der Waals surface area (Å²) < 4.78 is 2.08. The van der Waals surface area contributed by atoms with Gasteiger partial charge >= 0.3 is 0 Å². The minimum atomic E-state index is 0.547. The number of nitrogens with zero attached hydrogens (tertiary/aromatic N) is 3. The second-order valence-electron chi connectivity index (χ2n) is 3.46. The smallest absolute Gasteiger partial charge is 0.141 e. The lowest BCUT2D eigenvalue weighted by molar-refractivity contribution is 0.770. The molecular formula is C11H14N4. The first kappa shape index (κ1) is 9.71. The van der Waals surface area contributed by atoms with E-state index < -0.39 is 0 Å². The number of aromatic nitrogens is 3. The van der Waals surface area contributed by atoms with Gasteiger partial charge in [-0.15, -0.1) is 0 Å². The normalized spacial score (nSPS) is 10.5. The van der Waals surface area contributed by atoms with Crippen molar-refractivity contribution in [2.24, 2.45) is 0 Å². The van der Waals surface area contributed by atoms with Crippen molar-refractivity contribution in [2.75, 3.05) is 5.73 Å².